The van der Waals surface area contributed by atoms with Crippen molar-refractivity contribution < 1.29 is 13.2 Å². The Hall–Kier alpha value is -0.850. The number of hydrogen-bond donors (Lipinski definition) is 1. The number of hydrogen-bond acceptors (Lipinski definition) is 2. The van der Waals surface area contributed by atoms with Crippen molar-refractivity contribution >= 4 is 27.3 Å². The van der Waals surface area contributed by atoms with Crippen molar-refractivity contribution in [2.45, 2.75) is 26.1 Å². The lowest BCUT2D eigenvalue weighted by molar-refractivity contribution is -0.138. The average Bonchev–Trinajstić information content (AvgIpc) is 2.82. The predicted molar refractivity (Wildman–Crippen MR) is 83.7 cm³/mol. The predicted octanol–water partition coefficient (Wildman–Crippen LogP) is 5.54. The largest absolute Gasteiger partial charge is 0.417 e. The maximum absolute atomic E-state index is 13.1. The number of alkyl halides is 3. The summed E-state index contributed by atoms with van der Waals surface area (Å²) in [6.45, 7) is 4.60. The molecule has 0 aliphatic carbocycles. The van der Waals surface area contributed by atoms with Gasteiger partial charge >= 0.3 is 6.18 Å². The van der Waals surface area contributed by atoms with Crippen molar-refractivity contribution in [2.75, 3.05) is 6.54 Å². The minimum Gasteiger partial charge on any atom is -0.306 e. The van der Waals surface area contributed by atoms with E-state index in [-0.39, 0.29) is 10.5 Å². The van der Waals surface area contributed by atoms with Gasteiger partial charge in [0.25, 0.3) is 0 Å². The van der Waals surface area contributed by atoms with Crippen LogP contribution < -0.4 is 5.32 Å². The number of thiophene rings is 1. The second-order valence-electron chi connectivity index (χ2n) is 4.70. The molecule has 0 aliphatic heterocycles. The maximum atomic E-state index is 13.1. The Morgan fingerprint density at radius 2 is 2.00 bits per heavy atom. The van der Waals surface area contributed by atoms with Crippen LogP contribution in [0.1, 0.15) is 34.5 Å². The molecule has 2 rings (SSSR count). The second kappa shape index (κ2) is 6.50. The molecule has 1 atom stereocenters. The number of rotatable bonds is 4. The summed E-state index contributed by atoms with van der Waals surface area (Å²) in [7, 11) is 0. The quantitative estimate of drug-likeness (QED) is 0.737. The fourth-order valence-corrected chi connectivity index (χ4v) is 3.69. The van der Waals surface area contributed by atoms with Crippen LogP contribution in [-0.2, 0) is 6.18 Å². The summed E-state index contributed by atoms with van der Waals surface area (Å²) in [5, 5.41) is 5.22. The first kappa shape index (κ1) is 16.5. The summed E-state index contributed by atoms with van der Waals surface area (Å²) in [5.41, 5.74) is 1.07. The number of halogens is 4. The zero-order chi connectivity index (χ0) is 15.6. The minimum absolute atomic E-state index is 0.0666. The zero-order valence-corrected chi connectivity index (χ0v) is 14.0. The van der Waals surface area contributed by atoms with Crippen molar-refractivity contribution in [3.8, 4) is 0 Å². The lowest BCUT2D eigenvalue weighted by Gasteiger charge is -2.20. The molecule has 1 heterocycles. The van der Waals surface area contributed by atoms with E-state index in [4.69, 9.17) is 0 Å². The molecule has 1 aromatic heterocycles. The lowest BCUT2D eigenvalue weighted by atomic mass is 10.0. The van der Waals surface area contributed by atoms with Crippen molar-refractivity contribution in [3.05, 3.63) is 55.7 Å². The summed E-state index contributed by atoms with van der Waals surface area (Å²) in [4.78, 5) is 1.05. The van der Waals surface area contributed by atoms with E-state index in [2.05, 4.69) is 21.2 Å². The van der Waals surface area contributed by atoms with Gasteiger partial charge in [-0.05, 0) is 48.2 Å². The third-order valence-electron chi connectivity index (χ3n) is 3.20. The van der Waals surface area contributed by atoms with Crippen LogP contribution in [-0.4, -0.2) is 6.54 Å². The van der Waals surface area contributed by atoms with Gasteiger partial charge in [-0.1, -0.05) is 28.9 Å². The third kappa shape index (κ3) is 3.67. The van der Waals surface area contributed by atoms with Crippen molar-refractivity contribution in [3.63, 3.8) is 0 Å². The van der Waals surface area contributed by atoms with Crippen molar-refractivity contribution in [1.82, 2.24) is 5.32 Å². The molecule has 114 valence electrons. The molecule has 21 heavy (non-hydrogen) atoms. The normalized spacial score (nSPS) is 13.4. The lowest BCUT2D eigenvalue weighted by Crippen LogP contribution is -2.22. The molecule has 6 heteroatoms. The third-order valence-corrected chi connectivity index (χ3v) is 4.98. The van der Waals surface area contributed by atoms with E-state index in [1.54, 1.807) is 17.4 Å². The highest BCUT2D eigenvalue weighted by Gasteiger charge is 2.34. The fraction of sp³-hybridized carbons (Fsp3) is 0.333. The smallest absolute Gasteiger partial charge is 0.306 e. The van der Waals surface area contributed by atoms with Gasteiger partial charge in [0.05, 0.1) is 11.6 Å². The summed E-state index contributed by atoms with van der Waals surface area (Å²) in [6.07, 6.45) is -4.36. The van der Waals surface area contributed by atoms with E-state index < -0.39 is 11.7 Å². The highest BCUT2D eigenvalue weighted by molar-refractivity contribution is 9.10. The fourth-order valence-electron chi connectivity index (χ4n) is 2.19. The van der Waals surface area contributed by atoms with Crippen LogP contribution in [0.15, 0.2) is 34.1 Å². The molecular formula is C15H15BrF3NS. The standard InChI is InChI=1S/C15H15BrF3NS/c1-3-20-13(14-9(2)6-7-21-14)10-4-5-12(16)11(8-10)15(17,18)19/h4-8,13,20H,3H2,1-2H3. The van der Waals surface area contributed by atoms with Gasteiger partial charge in [0.1, 0.15) is 0 Å². The summed E-state index contributed by atoms with van der Waals surface area (Å²) in [6, 6.07) is 6.17. The summed E-state index contributed by atoms with van der Waals surface area (Å²) < 4.78 is 39.2. The first-order valence-corrected chi connectivity index (χ1v) is 8.16. The van der Waals surface area contributed by atoms with E-state index in [9.17, 15) is 13.2 Å². The Morgan fingerprint density at radius 3 is 2.52 bits per heavy atom. The van der Waals surface area contributed by atoms with Gasteiger partial charge in [-0.2, -0.15) is 13.2 Å². The molecule has 0 amide bonds. The molecule has 0 spiro atoms. The molecule has 0 bridgehead atoms. The molecule has 0 aliphatic rings. The van der Waals surface area contributed by atoms with Crippen LogP contribution in [0.3, 0.4) is 0 Å². The van der Waals surface area contributed by atoms with Crippen LogP contribution in [0.5, 0.6) is 0 Å². The minimum atomic E-state index is -4.36. The topological polar surface area (TPSA) is 12.0 Å². The highest BCUT2D eigenvalue weighted by Crippen LogP contribution is 2.38. The molecule has 1 aromatic carbocycles. The van der Waals surface area contributed by atoms with Crippen LogP contribution in [0.25, 0.3) is 0 Å². The molecule has 1 N–H and O–H groups in total. The van der Waals surface area contributed by atoms with E-state index in [0.29, 0.717) is 12.1 Å². The Bertz CT molecular complexity index is 622. The van der Waals surface area contributed by atoms with Gasteiger partial charge in [0.15, 0.2) is 0 Å². The molecule has 1 unspecified atom stereocenters. The van der Waals surface area contributed by atoms with E-state index in [1.165, 1.54) is 12.1 Å². The molecule has 2 aromatic rings. The van der Waals surface area contributed by atoms with Crippen molar-refractivity contribution in [2.24, 2.45) is 0 Å². The van der Waals surface area contributed by atoms with Gasteiger partial charge < -0.3 is 5.32 Å². The molecule has 0 fully saturated rings. The van der Waals surface area contributed by atoms with Gasteiger partial charge in [-0.15, -0.1) is 11.3 Å². The number of benzene rings is 1. The van der Waals surface area contributed by atoms with Crippen molar-refractivity contribution in [1.29, 1.82) is 0 Å². The van der Waals surface area contributed by atoms with Crippen LogP contribution in [0, 0.1) is 6.92 Å². The SMILES string of the molecule is CCNC(c1ccc(Br)c(C(F)(F)F)c1)c1sccc1C. The molecule has 0 radical (unpaired) electrons. The monoisotopic (exact) mass is 377 g/mol. The number of aryl methyl sites for hydroxylation is 1. The van der Waals surface area contributed by atoms with Crippen LogP contribution >= 0.6 is 27.3 Å². The molecule has 0 saturated heterocycles. The van der Waals surface area contributed by atoms with Gasteiger partial charge in [-0.3, -0.25) is 0 Å². The van der Waals surface area contributed by atoms with Crippen LogP contribution in [0.2, 0.25) is 0 Å². The van der Waals surface area contributed by atoms with Gasteiger partial charge in [0, 0.05) is 9.35 Å². The van der Waals surface area contributed by atoms with Crippen LogP contribution in [0.4, 0.5) is 13.2 Å². The van der Waals surface area contributed by atoms with Gasteiger partial charge in [-0.25, -0.2) is 0 Å². The second-order valence-corrected chi connectivity index (χ2v) is 6.50. The molecule has 0 saturated carbocycles. The number of nitrogens with one attached hydrogen (secondary N) is 1. The molecular weight excluding hydrogens is 363 g/mol. The first-order chi connectivity index (χ1) is 9.84. The summed E-state index contributed by atoms with van der Waals surface area (Å²) >= 11 is 4.53. The Kier molecular flexibility index (Phi) is 5.11. The molecule has 1 nitrogen and oxygen atoms in total. The highest BCUT2D eigenvalue weighted by atomic mass is 79.9. The van der Waals surface area contributed by atoms with E-state index in [1.807, 2.05) is 25.3 Å². The Labute approximate surface area is 134 Å². The Balaban J connectivity index is 2.49. The Morgan fingerprint density at radius 1 is 1.29 bits per heavy atom. The average molecular weight is 378 g/mol. The zero-order valence-electron chi connectivity index (χ0n) is 11.6. The summed E-state index contributed by atoms with van der Waals surface area (Å²) in [5.74, 6) is 0. The maximum Gasteiger partial charge on any atom is 0.417 e. The van der Waals surface area contributed by atoms with E-state index >= 15 is 0 Å². The van der Waals surface area contributed by atoms with Gasteiger partial charge in [0.2, 0.25) is 0 Å². The first-order valence-electron chi connectivity index (χ1n) is 6.48. The van der Waals surface area contributed by atoms with E-state index in [0.717, 1.165) is 10.4 Å².